The van der Waals surface area contributed by atoms with Crippen LogP contribution in [0.3, 0.4) is 0 Å². The first-order chi connectivity index (χ1) is 13.0. The van der Waals surface area contributed by atoms with Crippen LogP contribution in [-0.2, 0) is 4.79 Å². The Kier molecular flexibility index (Phi) is 5.55. The number of amides is 2. The van der Waals surface area contributed by atoms with Crippen LogP contribution in [-0.4, -0.2) is 35.2 Å². The molecule has 2 atom stereocenters. The highest BCUT2D eigenvalue weighted by Crippen LogP contribution is 2.26. The first-order valence-corrected chi connectivity index (χ1v) is 9.09. The largest absolute Gasteiger partial charge is 0.350 e. The summed E-state index contributed by atoms with van der Waals surface area (Å²) in [7, 11) is 0. The molecular weight excluding hydrogens is 344 g/mol. The van der Waals surface area contributed by atoms with Crippen molar-refractivity contribution < 1.29 is 14.4 Å². The Bertz CT molecular complexity index is 925. The van der Waals surface area contributed by atoms with Crippen molar-refractivity contribution in [2.75, 3.05) is 6.54 Å². The van der Waals surface area contributed by atoms with Crippen LogP contribution in [0.1, 0.15) is 53.5 Å². The van der Waals surface area contributed by atoms with E-state index in [1.165, 1.54) is 6.92 Å². The maximum absolute atomic E-state index is 12.7. The molecule has 0 saturated heterocycles. The number of rotatable bonds is 5. The monoisotopic (exact) mass is 366 g/mol. The van der Waals surface area contributed by atoms with Crippen LogP contribution in [0.25, 0.3) is 10.9 Å². The number of H-pyrrole nitrogens is 1. The molecular formula is C20H22N4O3. The van der Waals surface area contributed by atoms with E-state index in [9.17, 15) is 14.4 Å². The van der Waals surface area contributed by atoms with E-state index >= 15 is 0 Å². The number of hydrogen-bond donors (Lipinski definition) is 3. The van der Waals surface area contributed by atoms with E-state index in [-0.39, 0.29) is 36.1 Å². The van der Waals surface area contributed by atoms with Gasteiger partial charge < -0.3 is 15.6 Å². The summed E-state index contributed by atoms with van der Waals surface area (Å²) >= 11 is 0. The van der Waals surface area contributed by atoms with Crippen molar-refractivity contribution in [1.82, 2.24) is 15.6 Å². The maximum Gasteiger partial charge on any atom is 0.267 e. The number of benzene rings is 1. The smallest absolute Gasteiger partial charge is 0.267 e. The number of aromatic amines is 1. The fourth-order valence-corrected chi connectivity index (χ4v) is 3.69. The zero-order valence-corrected chi connectivity index (χ0v) is 15.2. The molecule has 1 aromatic heterocycles. The zero-order valence-electron chi connectivity index (χ0n) is 15.2. The predicted molar refractivity (Wildman–Crippen MR) is 100 cm³/mol. The highest BCUT2D eigenvalue weighted by Gasteiger charge is 2.32. The van der Waals surface area contributed by atoms with Gasteiger partial charge in [-0.3, -0.25) is 14.4 Å². The van der Waals surface area contributed by atoms with Crippen molar-refractivity contribution in [3.05, 3.63) is 35.5 Å². The summed E-state index contributed by atoms with van der Waals surface area (Å²) < 4.78 is 0. The Labute approximate surface area is 157 Å². The fraction of sp³-hybridized carbons (Fsp3) is 0.400. The summed E-state index contributed by atoms with van der Waals surface area (Å²) in [6, 6.07) is 8.68. The number of hydrogen-bond acceptors (Lipinski definition) is 4. The van der Waals surface area contributed by atoms with Crippen LogP contribution in [0.2, 0.25) is 0 Å². The van der Waals surface area contributed by atoms with Gasteiger partial charge in [-0.15, -0.1) is 0 Å². The molecule has 0 bridgehead atoms. The molecule has 0 spiro atoms. The number of ketones is 1. The Morgan fingerprint density at radius 3 is 2.78 bits per heavy atom. The molecule has 2 amide bonds. The van der Waals surface area contributed by atoms with Crippen molar-refractivity contribution >= 4 is 28.5 Å². The lowest BCUT2D eigenvalue weighted by Crippen LogP contribution is -2.48. The Hall–Kier alpha value is -3.14. The lowest BCUT2D eigenvalue weighted by atomic mass is 9.83. The minimum absolute atomic E-state index is 0.0359. The molecule has 0 radical (unpaired) electrons. The highest BCUT2D eigenvalue weighted by molar-refractivity contribution is 6.08. The van der Waals surface area contributed by atoms with E-state index in [1.54, 1.807) is 18.2 Å². The van der Waals surface area contributed by atoms with Gasteiger partial charge in [-0.2, -0.15) is 5.26 Å². The van der Waals surface area contributed by atoms with Gasteiger partial charge in [0.2, 0.25) is 5.91 Å². The van der Waals surface area contributed by atoms with Crippen molar-refractivity contribution in [3.8, 4) is 6.07 Å². The fourth-order valence-electron chi connectivity index (χ4n) is 3.69. The van der Waals surface area contributed by atoms with Crippen molar-refractivity contribution in [2.45, 2.75) is 38.6 Å². The Balaban J connectivity index is 1.78. The van der Waals surface area contributed by atoms with Gasteiger partial charge >= 0.3 is 0 Å². The molecule has 1 heterocycles. The van der Waals surface area contributed by atoms with Gasteiger partial charge in [-0.25, -0.2) is 0 Å². The summed E-state index contributed by atoms with van der Waals surface area (Å²) in [6.45, 7) is 1.45. The van der Waals surface area contributed by atoms with Crippen molar-refractivity contribution in [2.24, 2.45) is 5.92 Å². The number of para-hydroxylation sites is 1. The average molecular weight is 366 g/mol. The van der Waals surface area contributed by atoms with Crippen LogP contribution in [0.5, 0.6) is 0 Å². The number of carbonyl (C=O) groups excluding carboxylic acids is 3. The molecule has 1 aromatic carbocycles. The molecule has 140 valence electrons. The molecule has 2 aromatic rings. The molecule has 0 aliphatic heterocycles. The average Bonchev–Trinajstić information content (AvgIpc) is 3.10. The lowest BCUT2D eigenvalue weighted by molar-refractivity contribution is -0.126. The standard InChI is InChI=1S/C20H22N4O3/c1-12(25)14-7-4-5-13-11-17(23-18(13)14)20(27)24-16-8-3-2-6-15(16)19(26)22-10-9-21/h4-5,7,11,15-16,23H,2-3,6,8,10H2,1H3,(H,22,26)(H,24,27). The van der Waals surface area contributed by atoms with E-state index in [0.717, 1.165) is 24.6 Å². The first kappa shape index (κ1) is 18.6. The second-order valence-electron chi connectivity index (χ2n) is 6.86. The summed E-state index contributed by atoms with van der Waals surface area (Å²) in [5.41, 5.74) is 1.54. The van der Waals surface area contributed by atoms with Gasteiger partial charge in [0.15, 0.2) is 5.78 Å². The van der Waals surface area contributed by atoms with E-state index in [0.29, 0.717) is 23.2 Å². The molecule has 1 saturated carbocycles. The number of nitrogens with zero attached hydrogens (tertiary/aromatic N) is 1. The number of fused-ring (bicyclic) bond motifs is 1. The SMILES string of the molecule is CC(=O)c1cccc2cc(C(=O)NC3CCCCC3C(=O)NCC#N)[nH]c12. The predicted octanol–water partition coefficient (Wildman–Crippen LogP) is 2.30. The summed E-state index contributed by atoms with van der Waals surface area (Å²) in [5.74, 6) is -0.910. The van der Waals surface area contributed by atoms with E-state index in [4.69, 9.17) is 5.26 Å². The van der Waals surface area contributed by atoms with Gasteiger partial charge in [0.1, 0.15) is 12.2 Å². The van der Waals surface area contributed by atoms with Crippen LogP contribution in [0, 0.1) is 17.2 Å². The number of aromatic nitrogens is 1. The lowest BCUT2D eigenvalue weighted by Gasteiger charge is -2.30. The van der Waals surface area contributed by atoms with Gasteiger partial charge in [-0.1, -0.05) is 25.0 Å². The molecule has 1 aliphatic rings. The third kappa shape index (κ3) is 4.00. The van der Waals surface area contributed by atoms with Gasteiger partial charge in [0.05, 0.1) is 17.5 Å². The quantitative estimate of drug-likeness (QED) is 0.556. The topological polar surface area (TPSA) is 115 Å². The van der Waals surface area contributed by atoms with Crippen molar-refractivity contribution in [1.29, 1.82) is 5.26 Å². The molecule has 7 nitrogen and oxygen atoms in total. The molecule has 3 rings (SSSR count). The van der Waals surface area contributed by atoms with Crippen molar-refractivity contribution in [3.63, 3.8) is 0 Å². The maximum atomic E-state index is 12.7. The number of carbonyl (C=O) groups is 3. The number of nitriles is 1. The zero-order chi connectivity index (χ0) is 19.4. The van der Waals surface area contributed by atoms with Crippen LogP contribution in [0.4, 0.5) is 0 Å². The Morgan fingerprint density at radius 1 is 1.26 bits per heavy atom. The van der Waals surface area contributed by atoms with E-state index < -0.39 is 0 Å². The molecule has 2 unspecified atom stereocenters. The number of nitrogens with one attached hydrogen (secondary N) is 3. The number of Topliss-reactive ketones (excluding diaryl/α,β-unsaturated/α-hetero) is 1. The molecule has 1 fully saturated rings. The minimum atomic E-state index is -0.340. The molecule has 3 N–H and O–H groups in total. The highest BCUT2D eigenvalue weighted by atomic mass is 16.2. The van der Waals surface area contributed by atoms with Gasteiger partial charge in [-0.05, 0) is 31.9 Å². The Morgan fingerprint density at radius 2 is 2.04 bits per heavy atom. The second kappa shape index (κ2) is 8.04. The van der Waals surface area contributed by atoms with Crippen LogP contribution >= 0.6 is 0 Å². The third-order valence-electron chi connectivity index (χ3n) is 5.04. The summed E-state index contributed by atoms with van der Waals surface area (Å²) in [5, 5.41) is 15.0. The third-order valence-corrected chi connectivity index (χ3v) is 5.04. The molecule has 1 aliphatic carbocycles. The normalized spacial score (nSPS) is 19.3. The molecule has 27 heavy (non-hydrogen) atoms. The van der Waals surface area contributed by atoms with Gasteiger partial charge in [0.25, 0.3) is 5.91 Å². The van der Waals surface area contributed by atoms with E-state index in [1.807, 2.05) is 12.1 Å². The first-order valence-electron chi connectivity index (χ1n) is 9.09. The van der Waals surface area contributed by atoms with Gasteiger partial charge in [0, 0.05) is 17.0 Å². The van der Waals surface area contributed by atoms with Crippen LogP contribution < -0.4 is 10.6 Å². The van der Waals surface area contributed by atoms with Crippen LogP contribution in [0.15, 0.2) is 24.3 Å². The minimum Gasteiger partial charge on any atom is -0.350 e. The summed E-state index contributed by atoms with van der Waals surface area (Å²) in [4.78, 5) is 39.8. The van der Waals surface area contributed by atoms with E-state index in [2.05, 4.69) is 15.6 Å². The second-order valence-corrected chi connectivity index (χ2v) is 6.86. The summed E-state index contributed by atoms with van der Waals surface area (Å²) in [6.07, 6.45) is 3.26. The molecule has 7 heteroatoms.